The maximum absolute atomic E-state index is 13.6. The molecule has 3 aromatic heterocycles. The van der Waals surface area contributed by atoms with E-state index in [0.717, 1.165) is 38.5 Å². The summed E-state index contributed by atoms with van der Waals surface area (Å²) >= 11 is 0. The van der Waals surface area contributed by atoms with Gasteiger partial charge in [-0.1, -0.05) is 0 Å². The molecule has 2 aromatic carbocycles. The monoisotopic (exact) mass is 346 g/mol. The molecular formula is C20H12F2N4. The third kappa shape index (κ3) is 2.27. The number of aromatic nitrogens is 4. The number of benzene rings is 2. The van der Waals surface area contributed by atoms with Gasteiger partial charge in [-0.3, -0.25) is 0 Å². The number of hydrogen-bond donors (Lipinski definition) is 2. The maximum Gasteiger partial charge on any atom is 0.161 e. The minimum Gasteiger partial charge on any atom is -0.361 e. The van der Waals surface area contributed by atoms with E-state index in [1.807, 2.05) is 6.20 Å². The van der Waals surface area contributed by atoms with Gasteiger partial charge in [0.25, 0.3) is 0 Å². The van der Waals surface area contributed by atoms with Gasteiger partial charge in [-0.05, 0) is 36.4 Å². The lowest BCUT2D eigenvalue weighted by atomic mass is 10.1. The summed E-state index contributed by atoms with van der Waals surface area (Å²) < 4.78 is 27.1. The molecule has 0 saturated carbocycles. The van der Waals surface area contributed by atoms with Crippen LogP contribution in [0.4, 0.5) is 8.78 Å². The number of hydrogen-bond acceptors (Lipinski definition) is 2. The average Bonchev–Trinajstić information content (AvgIpc) is 3.25. The summed E-state index contributed by atoms with van der Waals surface area (Å²) in [5, 5.41) is 1.50. The highest BCUT2D eigenvalue weighted by Crippen LogP contribution is 2.30. The van der Waals surface area contributed by atoms with E-state index in [1.54, 1.807) is 30.7 Å². The van der Waals surface area contributed by atoms with Gasteiger partial charge in [-0.15, -0.1) is 0 Å². The van der Waals surface area contributed by atoms with Gasteiger partial charge in [0.1, 0.15) is 11.6 Å². The average molecular weight is 346 g/mol. The lowest BCUT2D eigenvalue weighted by Gasteiger charge is -2.02. The number of fused-ring (bicyclic) bond motifs is 2. The van der Waals surface area contributed by atoms with Crippen molar-refractivity contribution in [1.82, 2.24) is 19.9 Å². The van der Waals surface area contributed by atoms with Crippen molar-refractivity contribution in [3.8, 4) is 22.5 Å². The topological polar surface area (TPSA) is 57.4 Å². The first kappa shape index (κ1) is 14.8. The second-order valence-electron chi connectivity index (χ2n) is 6.08. The Morgan fingerprint density at radius 3 is 1.85 bits per heavy atom. The van der Waals surface area contributed by atoms with Crippen LogP contribution in [-0.2, 0) is 0 Å². The van der Waals surface area contributed by atoms with E-state index in [2.05, 4.69) is 19.9 Å². The smallest absolute Gasteiger partial charge is 0.161 e. The van der Waals surface area contributed by atoms with Crippen molar-refractivity contribution in [2.24, 2.45) is 0 Å². The number of aromatic amines is 2. The fourth-order valence-corrected chi connectivity index (χ4v) is 3.22. The quantitative estimate of drug-likeness (QED) is 0.470. The summed E-state index contributed by atoms with van der Waals surface area (Å²) in [6, 6.07) is 9.15. The van der Waals surface area contributed by atoms with E-state index in [0.29, 0.717) is 5.82 Å². The number of halogens is 2. The molecule has 0 bridgehead atoms. The van der Waals surface area contributed by atoms with Crippen LogP contribution in [-0.4, -0.2) is 19.9 Å². The molecule has 0 aliphatic heterocycles. The first-order chi connectivity index (χ1) is 12.7. The van der Waals surface area contributed by atoms with Crippen LogP contribution >= 0.6 is 0 Å². The van der Waals surface area contributed by atoms with Gasteiger partial charge in [0, 0.05) is 63.3 Å². The van der Waals surface area contributed by atoms with Crippen molar-refractivity contribution in [2.75, 3.05) is 0 Å². The minimum absolute atomic E-state index is 0.295. The molecule has 0 radical (unpaired) electrons. The van der Waals surface area contributed by atoms with E-state index >= 15 is 0 Å². The molecule has 26 heavy (non-hydrogen) atoms. The highest BCUT2D eigenvalue weighted by Gasteiger charge is 2.12. The van der Waals surface area contributed by atoms with Crippen molar-refractivity contribution < 1.29 is 8.78 Å². The number of nitrogens with one attached hydrogen (secondary N) is 2. The van der Waals surface area contributed by atoms with E-state index < -0.39 is 0 Å². The standard InChI is InChI=1S/C20H12F2N4/c21-12-1-3-18-14(5-12)16(9-23-18)11-7-25-20(26-8-11)17-10-24-19-4-2-13(22)6-15(17)19/h1-10,23-24H. The van der Waals surface area contributed by atoms with Crippen LogP contribution in [0, 0.1) is 11.6 Å². The van der Waals surface area contributed by atoms with Crippen LogP contribution in [0.3, 0.4) is 0 Å². The second-order valence-corrected chi connectivity index (χ2v) is 6.08. The summed E-state index contributed by atoms with van der Waals surface area (Å²) in [6.07, 6.45) is 6.95. The molecule has 6 heteroatoms. The molecule has 0 amide bonds. The minimum atomic E-state index is -0.309. The molecule has 0 fully saturated rings. The van der Waals surface area contributed by atoms with Crippen LogP contribution in [0.5, 0.6) is 0 Å². The zero-order valence-corrected chi connectivity index (χ0v) is 13.4. The van der Waals surface area contributed by atoms with Crippen molar-refractivity contribution in [2.45, 2.75) is 0 Å². The van der Waals surface area contributed by atoms with Gasteiger partial charge in [-0.25, -0.2) is 18.7 Å². The molecule has 0 saturated heterocycles. The predicted molar refractivity (Wildman–Crippen MR) is 96.5 cm³/mol. The third-order valence-corrected chi connectivity index (χ3v) is 4.49. The van der Waals surface area contributed by atoms with E-state index in [-0.39, 0.29) is 11.6 Å². The van der Waals surface area contributed by atoms with Crippen molar-refractivity contribution in [3.63, 3.8) is 0 Å². The van der Waals surface area contributed by atoms with Gasteiger partial charge in [0.15, 0.2) is 5.82 Å². The fourth-order valence-electron chi connectivity index (χ4n) is 3.22. The lowest BCUT2D eigenvalue weighted by Crippen LogP contribution is -1.89. The Morgan fingerprint density at radius 1 is 0.692 bits per heavy atom. The van der Waals surface area contributed by atoms with E-state index in [1.165, 1.54) is 24.3 Å². The van der Waals surface area contributed by atoms with Crippen LogP contribution in [0.1, 0.15) is 0 Å². The summed E-state index contributed by atoms with van der Waals surface area (Å²) in [5.41, 5.74) is 4.00. The number of H-pyrrole nitrogens is 2. The molecule has 126 valence electrons. The molecule has 0 aliphatic rings. The molecule has 5 rings (SSSR count). The highest BCUT2D eigenvalue weighted by molar-refractivity contribution is 5.96. The summed E-state index contributed by atoms with van der Waals surface area (Å²) in [5.74, 6) is -0.107. The van der Waals surface area contributed by atoms with Gasteiger partial charge < -0.3 is 9.97 Å². The number of nitrogens with zero attached hydrogens (tertiary/aromatic N) is 2. The van der Waals surface area contributed by atoms with Gasteiger partial charge in [0.05, 0.1) is 0 Å². The molecule has 0 spiro atoms. The van der Waals surface area contributed by atoms with Crippen molar-refractivity contribution >= 4 is 21.8 Å². The van der Waals surface area contributed by atoms with Crippen LogP contribution < -0.4 is 0 Å². The number of rotatable bonds is 2. The van der Waals surface area contributed by atoms with Crippen LogP contribution in [0.15, 0.2) is 61.2 Å². The Morgan fingerprint density at radius 2 is 1.23 bits per heavy atom. The molecule has 5 aromatic rings. The third-order valence-electron chi connectivity index (χ3n) is 4.49. The normalized spacial score (nSPS) is 11.5. The Balaban J connectivity index is 1.60. The molecule has 0 aliphatic carbocycles. The fraction of sp³-hybridized carbons (Fsp3) is 0. The van der Waals surface area contributed by atoms with Gasteiger partial charge >= 0.3 is 0 Å². The zero-order valence-electron chi connectivity index (χ0n) is 13.4. The van der Waals surface area contributed by atoms with Crippen molar-refractivity contribution in [3.05, 3.63) is 72.8 Å². The summed E-state index contributed by atoms with van der Waals surface area (Å²) in [6.45, 7) is 0. The SMILES string of the molecule is Fc1ccc2[nH]cc(-c3cnc(-c4c[nH]c5ccc(F)cc45)nc3)c2c1. The Kier molecular flexibility index (Phi) is 3.12. The van der Waals surface area contributed by atoms with E-state index in [9.17, 15) is 8.78 Å². The first-order valence-corrected chi connectivity index (χ1v) is 8.05. The second kappa shape index (κ2) is 5.49. The molecule has 0 atom stereocenters. The molecule has 4 nitrogen and oxygen atoms in total. The van der Waals surface area contributed by atoms with E-state index in [4.69, 9.17) is 0 Å². The van der Waals surface area contributed by atoms with Gasteiger partial charge in [0.2, 0.25) is 0 Å². The maximum atomic E-state index is 13.6. The Bertz CT molecular complexity index is 1150. The summed E-state index contributed by atoms with van der Waals surface area (Å²) in [7, 11) is 0. The molecule has 2 N–H and O–H groups in total. The highest BCUT2D eigenvalue weighted by atomic mass is 19.1. The molecular weight excluding hydrogens is 334 g/mol. The predicted octanol–water partition coefficient (Wildman–Crippen LogP) is 5.05. The lowest BCUT2D eigenvalue weighted by molar-refractivity contribution is 0.629. The van der Waals surface area contributed by atoms with Gasteiger partial charge in [-0.2, -0.15) is 0 Å². The zero-order chi connectivity index (χ0) is 17.7. The Labute approximate surface area is 146 Å². The largest absolute Gasteiger partial charge is 0.361 e. The Hall–Kier alpha value is -3.54. The molecule has 0 unspecified atom stereocenters. The van der Waals surface area contributed by atoms with Crippen LogP contribution in [0.25, 0.3) is 44.3 Å². The first-order valence-electron chi connectivity index (χ1n) is 8.05. The van der Waals surface area contributed by atoms with Crippen LogP contribution in [0.2, 0.25) is 0 Å². The van der Waals surface area contributed by atoms with Crippen molar-refractivity contribution in [1.29, 1.82) is 0 Å². The summed E-state index contributed by atoms with van der Waals surface area (Å²) in [4.78, 5) is 15.1. The molecule has 3 heterocycles.